The van der Waals surface area contributed by atoms with Crippen LogP contribution in [-0.2, 0) is 9.53 Å². The molecule has 14 heavy (non-hydrogen) atoms. The minimum absolute atomic E-state index is 0.0175. The van der Waals surface area contributed by atoms with Crippen molar-refractivity contribution in [2.24, 2.45) is 5.92 Å². The lowest BCUT2D eigenvalue weighted by Gasteiger charge is -2.07. The van der Waals surface area contributed by atoms with Crippen molar-refractivity contribution in [1.82, 2.24) is 5.32 Å². The van der Waals surface area contributed by atoms with Crippen LogP contribution in [0.4, 0.5) is 0 Å². The van der Waals surface area contributed by atoms with Gasteiger partial charge in [-0.15, -0.1) is 11.6 Å². The SMILES string of the molecule is CC(C)COCCCNC(=O)CCCl. The second-order valence-corrected chi connectivity index (χ2v) is 3.99. The minimum Gasteiger partial charge on any atom is -0.381 e. The Balaban J connectivity index is 3.09. The van der Waals surface area contributed by atoms with E-state index in [1.54, 1.807) is 0 Å². The third-order valence-electron chi connectivity index (χ3n) is 1.56. The summed E-state index contributed by atoms with van der Waals surface area (Å²) in [6, 6.07) is 0. The molecule has 0 aliphatic rings. The fourth-order valence-electron chi connectivity index (χ4n) is 0.895. The molecule has 0 spiro atoms. The average Bonchev–Trinajstić information content (AvgIpc) is 2.11. The lowest BCUT2D eigenvalue weighted by atomic mass is 10.2. The van der Waals surface area contributed by atoms with Crippen LogP contribution in [0.2, 0.25) is 0 Å². The summed E-state index contributed by atoms with van der Waals surface area (Å²) >= 11 is 5.41. The van der Waals surface area contributed by atoms with E-state index in [4.69, 9.17) is 16.3 Å². The molecule has 0 atom stereocenters. The number of hydrogen-bond donors (Lipinski definition) is 1. The van der Waals surface area contributed by atoms with Gasteiger partial charge in [-0.2, -0.15) is 0 Å². The Morgan fingerprint density at radius 3 is 2.79 bits per heavy atom. The van der Waals surface area contributed by atoms with Crippen molar-refractivity contribution in [2.75, 3.05) is 25.6 Å². The van der Waals surface area contributed by atoms with Crippen LogP contribution < -0.4 is 5.32 Å². The molecule has 0 bridgehead atoms. The van der Waals surface area contributed by atoms with Gasteiger partial charge in [0.2, 0.25) is 5.91 Å². The van der Waals surface area contributed by atoms with E-state index >= 15 is 0 Å². The molecule has 84 valence electrons. The van der Waals surface area contributed by atoms with E-state index in [2.05, 4.69) is 19.2 Å². The van der Waals surface area contributed by atoms with Crippen LogP contribution in [0.1, 0.15) is 26.7 Å². The summed E-state index contributed by atoms with van der Waals surface area (Å²) in [6.07, 6.45) is 1.26. The van der Waals surface area contributed by atoms with E-state index in [9.17, 15) is 4.79 Å². The van der Waals surface area contributed by atoms with Gasteiger partial charge in [0, 0.05) is 32.1 Å². The molecule has 0 aromatic rings. The molecule has 0 aliphatic carbocycles. The number of ether oxygens (including phenoxy) is 1. The molecule has 0 aliphatic heterocycles. The van der Waals surface area contributed by atoms with Crippen molar-refractivity contribution in [1.29, 1.82) is 0 Å². The first-order chi connectivity index (χ1) is 6.66. The van der Waals surface area contributed by atoms with Crippen LogP contribution in [0.25, 0.3) is 0 Å². The summed E-state index contributed by atoms with van der Waals surface area (Å²) in [4.78, 5) is 10.9. The third kappa shape index (κ3) is 9.81. The van der Waals surface area contributed by atoms with Crippen LogP contribution in [0, 0.1) is 5.92 Å². The Kier molecular flexibility index (Phi) is 9.10. The molecule has 1 amide bonds. The zero-order valence-corrected chi connectivity index (χ0v) is 9.77. The molecule has 3 nitrogen and oxygen atoms in total. The zero-order chi connectivity index (χ0) is 10.8. The number of carbonyl (C=O) groups is 1. The Morgan fingerprint density at radius 2 is 2.21 bits per heavy atom. The molecule has 0 unspecified atom stereocenters. The molecular formula is C10H20ClNO2. The summed E-state index contributed by atoms with van der Waals surface area (Å²) in [6.45, 7) is 6.40. The van der Waals surface area contributed by atoms with E-state index in [-0.39, 0.29) is 5.91 Å². The number of rotatable bonds is 8. The Morgan fingerprint density at radius 1 is 1.50 bits per heavy atom. The maximum atomic E-state index is 10.9. The van der Waals surface area contributed by atoms with Gasteiger partial charge in [0.25, 0.3) is 0 Å². The standard InChI is InChI=1S/C10H20ClNO2/c1-9(2)8-14-7-3-6-12-10(13)4-5-11/h9H,3-8H2,1-2H3,(H,12,13). The first-order valence-corrected chi connectivity index (χ1v) is 5.60. The predicted octanol–water partition coefficient (Wildman–Crippen LogP) is 1.79. The average molecular weight is 222 g/mol. The fourth-order valence-corrected chi connectivity index (χ4v) is 1.07. The summed E-state index contributed by atoms with van der Waals surface area (Å²) < 4.78 is 5.36. The summed E-state index contributed by atoms with van der Waals surface area (Å²) in [5.74, 6) is 0.972. The Hall–Kier alpha value is -0.280. The summed E-state index contributed by atoms with van der Waals surface area (Å²) in [7, 11) is 0. The van der Waals surface area contributed by atoms with E-state index < -0.39 is 0 Å². The lowest BCUT2D eigenvalue weighted by Crippen LogP contribution is -2.25. The van der Waals surface area contributed by atoms with Gasteiger partial charge in [0.05, 0.1) is 0 Å². The fraction of sp³-hybridized carbons (Fsp3) is 0.900. The van der Waals surface area contributed by atoms with Gasteiger partial charge in [-0.05, 0) is 12.3 Å². The molecule has 0 rings (SSSR count). The molecule has 0 radical (unpaired) electrons. The van der Waals surface area contributed by atoms with Gasteiger partial charge in [-0.3, -0.25) is 4.79 Å². The van der Waals surface area contributed by atoms with Crippen molar-refractivity contribution in [3.05, 3.63) is 0 Å². The zero-order valence-electron chi connectivity index (χ0n) is 9.01. The van der Waals surface area contributed by atoms with Gasteiger partial charge >= 0.3 is 0 Å². The quantitative estimate of drug-likeness (QED) is 0.502. The molecule has 0 saturated carbocycles. The van der Waals surface area contributed by atoms with Crippen LogP contribution in [0.3, 0.4) is 0 Å². The van der Waals surface area contributed by atoms with Crippen LogP contribution >= 0.6 is 11.6 Å². The van der Waals surface area contributed by atoms with E-state index in [1.807, 2.05) is 0 Å². The first-order valence-electron chi connectivity index (χ1n) is 5.07. The lowest BCUT2D eigenvalue weighted by molar-refractivity contribution is -0.120. The molecule has 0 aromatic heterocycles. The first kappa shape index (κ1) is 13.7. The molecule has 0 aromatic carbocycles. The molecule has 1 N–H and O–H groups in total. The van der Waals surface area contributed by atoms with Gasteiger partial charge in [-0.25, -0.2) is 0 Å². The molecule has 0 fully saturated rings. The van der Waals surface area contributed by atoms with Gasteiger partial charge in [-0.1, -0.05) is 13.8 Å². The maximum absolute atomic E-state index is 10.9. The van der Waals surface area contributed by atoms with Gasteiger partial charge < -0.3 is 10.1 Å². The van der Waals surface area contributed by atoms with Crippen molar-refractivity contribution < 1.29 is 9.53 Å². The normalized spacial score (nSPS) is 10.6. The number of alkyl halides is 1. The van der Waals surface area contributed by atoms with Crippen molar-refractivity contribution in [2.45, 2.75) is 26.7 Å². The van der Waals surface area contributed by atoms with E-state index in [0.29, 0.717) is 31.4 Å². The topological polar surface area (TPSA) is 38.3 Å². The highest BCUT2D eigenvalue weighted by Crippen LogP contribution is 1.93. The van der Waals surface area contributed by atoms with Crippen molar-refractivity contribution in [3.63, 3.8) is 0 Å². The monoisotopic (exact) mass is 221 g/mol. The number of amides is 1. The predicted molar refractivity (Wildman–Crippen MR) is 58.6 cm³/mol. The largest absolute Gasteiger partial charge is 0.381 e. The molecule has 0 heterocycles. The minimum atomic E-state index is 0.0175. The Labute approximate surface area is 91.2 Å². The highest BCUT2D eigenvalue weighted by atomic mass is 35.5. The highest BCUT2D eigenvalue weighted by molar-refractivity contribution is 6.18. The van der Waals surface area contributed by atoms with Gasteiger partial charge in [0.1, 0.15) is 0 Å². The molecular weight excluding hydrogens is 202 g/mol. The highest BCUT2D eigenvalue weighted by Gasteiger charge is 1.98. The number of nitrogens with one attached hydrogen (secondary N) is 1. The summed E-state index contributed by atoms with van der Waals surface area (Å²) in [5, 5.41) is 2.77. The molecule has 4 heteroatoms. The second-order valence-electron chi connectivity index (χ2n) is 3.61. The van der Waals surface area contributed by atoms with Crippen molar-refractivity contribution in [3.8, 4) is 0 Å². The smallest absolute Gasteiger partial charge is 0.221 e. The number of halogens is 1. The van der Waals surface area contributed by atoms with E-state index in [0.717, 1.165) is 13.0 Å². The maximum Gasteiger partial charge on any atom is 0.221 e. The van der Waals surface area contributed by atoms with Crippen LogP contribution in [0.15, 0.2) is 0 Å². The van der Waals surface area contributed by atoms with Gasteiger partial charge in [0.15, 0.2) is 0 Å². The van der Waals surface area contributed by atoms with Crippen molar-refractivity contribution >= 4 is 17.5 Å². The third-order valence-corrected chi connectivity index (χ3v) is 1.75. The number of hydrogen-bond acceptors (Lipinski definition) is 2. The second kappa shape index (κ2) is 9.28. The molecule has 0 saturated heterocycles. The van der Waals surface area contributed by atoms with Crippen LogP contribution in [0.5, 0.6) is 0 Å². The van der Waals surface area contributed by atoms with E-state index in [1.165, 1.54) is 0 Å². The van der Waals surface area contributed by atoms with Crippen LogP contribution in [-0.4, -0.2) is 31.5 Å². The Bertz CT molecular complexity index is 151. The summed E-state index contributed by atoms with van der Waals surface area (Å²) in [5.41, 5.74) is 0. The number of carbonyl (C=O) groups excluding carboxylic acids is 1.